The van der Waals surface area contributed by atoms with Crippen LogP contribution in [0.4, 0.5) is 28.4 Å². The number of nitrogens with two attached hydrogens (primary N) is 1. The summed E-state index contributed by atoms with van der Waals surface area (Å²) in [5.41, 5.74) is 8.64. The normalized spacial score (nSPS) is 15.4. The molecule has 12 heteroatoms. The van der Waals surface area contributed by atoms with Crippen molar-refractivity contribution in [2.45, 2.75) is 19.8 Å². The number of ether oxygens (including phenoxy) is 1. The van der Waals surface area contributed by atoms with Crippen LogP contribution in [0, 0.1) is 5.92 Å². The molecular formula is C37H32N6O6. The van der Waals surface area contributed by atoms with Crippen molar-refractivity contribution in [2.24, 2.45) is 21.9 Å². The molecule has 0 spiro atoms. The maximum Gasteiger partial charge on any atom is 0.259 e. The molecule has 0 aliphatic carbocycles. The molecule has 1 heterocycles. The van der Waals surface area contributed by atoms with Gasteiger partial charge in [0.2, 0.25) is 11.8 Å². The largest absolute Gasteiger partial charge is 0.505 e. The molecule has 12 nitrogen and oxygen atoms in total. The predicted octanol–water partition coefficient (Wildman–Crippen LogP) is 7.26. The lowest BCUT2D eigenvalue weighted by atomic mass is 9.84. The Hall–Kier alpha value is -6.56. The van der Waals surface area contributed by atoms with Gasteiger partial charge in [-0.15, -0.1) is 10.2 Å². The molecule has 5 aromatic rings. The summed E-state index contributed by atoms with van der Waals surface area (Å²) in [5.74, 6) is -1.98. The number of azo groups is 1. The van der Waals surface area contributed by atoms with Crippen LogP contribution in [-0.2, 0) is 4.79 Å². The number of nitrogens with one attached hydrogen (secondary N) is 3. The Morgan fingerprint density at radius 1 is 0.816 bits per heavy atom. The summed E-state index contributed by atoms with van der Waals surface area (Å²) in [6.07, 6.45) is 0. The third-order valence-corrected chi connectivity index (χ3v) is 8.59. The molecule has 5 aromatic carbocycles. The van der Waals surface area contributed by atoms with Crippen LogP contribution in [0.25, 0.3) is 10.8 Å². The second-order valence-electron chi connectivity index (χ2n) is 11.6. The number of hydrogen-bond donors (Lipinski definition) is 5. The number of primary amides is 1. The minimum absolute atomic E-state index is 0.0273. The quantitative estimate of drug-likeness (QED) is 0.109. The van der Waals surface area contributed by atoms with Crippen LogP contribution in [0.1, 0.15) is 56.4 Å². The molecule has 1 unspecified atom stereocenters. The van der Waals surface area contributed by atoms with Crippen molar-refractivity contribution in [3.05, 3.63) is 113 Å². The molecule has 1 aliphatic rings. The fourth-order valence-electron chi connectivity index (χ4n) is 5.60. The highest BCUT2D eigenvalue weighted by atomic mass is 16.5. The molecule has 6 N–H and O–H groups in total. The Morgan fingerprint density at radius 3 is 2.24 bits per heavy atom. The first-order chi connectivity index (χ1) is 23.5. The first-order valence-corrected chi connectivity index (χ1v) is 15.4. The average molecular weight is 657 g/mol. The standard InChI is InChI=1S/C37H32N6O6/c1-19-20(2)35(46)41-29-14-13-25(18-27(19)29)40-36(47)23-10-15-31(49-3)30(17-23)42-43-32-26-7-5-4-6-22(26)16-28(33(32)44)37(48)39-24-11-8-21(9-12-24)34(38)45/h4-20,44H,1-3H3,(H2,38,45)(H,39,48)(H,40,47)(H,41,46)/t19-,20?/m1/s1. The summed E-state index contributed by atoms with van der Waals surface area (Å²) in [6.45, 7) is 3.84. The molecule has 2 atom stereocenters. The molecule has 246 valence electrons. The Balaban J connectivity index is 1.29. The molecule has 49 heavy (non-hydrogen) atoms. The summed E-state index contributed by atoms with van der Waals surface area (Å²) in [5, 5.41) is 29.7. The van der Waals surface area contributed by atoms with Crippen LogP contribution in [-0.4, -0.2) is 35.8 Å². The number of rotatable bonds is 8. The van der Waals surface area contributed by atoms with Crippen molar-refractivity contribution < 1.29 is 29.0 Å². The number of methoxy groups -OCH3 is 1. The maximum atomic E-state index is 13.4. The summed E-state index contributed by atoms with van der Waals surface area (Å²) >= 11 is 0. The molecule has 0 fully saturated rings. The third-order valence-electron chi connectivity index (χ3n) is 8.59. The SMILES string of the molecule is COc1ccc(C(=O)Nc2ccc3c(c2)[C@H](C)C(C)C(=O)N3)cc1N=Nc1c(O)c(C(=O)Nc2ccc(C(N)=O)cc2)cc2ccccc12. The van der Waals surface area contributed by atoms with E-state index in [0.717, 1.165) is 11.3 Å². The number of aromatic hydroxyl groups is 1. The van der Waals surface area contributed by atoms with Crippen molar-refractivity contribution in [1.82, 2.24) is 0 Å². The van der Waals surface area contributed by atoms with E-state index in [0.29, 0.717) is 27.9 Å². The van der Waals surface area contributed by atoms with Gasteiger partial charge in [0.15, 0.2) is 5.75 Å². The molecule has 0 bridgehead atoms. The van der Waals surface area contributed by atoms with Crippen LogP contribution >= 0.6 is 0 Å². The first-order valence-electron chi connectivity index (χ1n) is 15.4. The molecule has 1 aliphatic heterocycles. The zero-order valence-electron chi connectivity index (χ0n) is 26.8. The molecule has 0 radical (unpaired) electrons. The molecule has 0 aromatic heterocycles. The summed E-state index contributed by atoms with van der Waals surface area (Å²) in [7, 11) is 1.45. The van der Waals surface area contributed by atoms with Gasteiger partial charge in [0.25, 0.3) is 11.8 Å². The number of carbonyl (C=O) groups excluding carboxylic acids is 4. The lowest BCUT2D eigenvalue weighted by Crippen LogP contribution is -2.30. The number of anilines is 3. The summed E-state index contributed by atoms with van der Waals surface area (Å²) in [6, 6.07) is 24.6. The van der Waals surface area contributed by atoms with Crippen molar-refractivity contribution >= 4 is 62.8 Å². The van der Waals surface area contributed by atoms with Crippen LogP contribution in [0.2, 0.25) is 0 Å². The fraction of sp³-hybridized carbons (Fsp3) is 0.135. The van der Waals surface area contributed by atoms with E-state index in [1.165, 1.54) is 37.4 Å². The highest BCUT2D eigenvalue weighted by Crippen LogP contribution is 2.41. The summed E-state index contributed by atoms with van der Waals surface area (Å²) in [4.78, 5) is 50.3. The Labute approximate surface area is 281 Å². The van der Waals surface area contributed by atoms with Crippen molar-refractivity contribution in [1.29, 1.82) is 0 Å². The number of amides is 4. The van der Waals surface area contributed by atoms with E-state index in [9.17, 15) is 24.3 Å². The van der Waals surface area contributed by atoms with E-state index in [2.05, 4.69) is 26.2 Å². The second kappa shape index (κ2) is 13.3. The van der Waals surface area contributed by atoms with E-state index >= 15 is 0 Å². The first kappa shape index (κ1) is 32.4. The van der Waals surface area contributed by atoms with E-state index < -0.39 is 23.5 Å². The number of nitrogens with zero attached hydrogens (tertiary/aromatic N) is 2. The zero-order valence-corrected chi connectivity index (χ0v) is 26.8. The van der Waals surface area contributed by atoms with Gasteiger partial charge in [-0.05, 0) is 83.6 Å². The van der Waals surface area contributed by atoms with E-state index in [1.807, 2.05) is 19.9 Å². The van der Waals surface area contributed by atoms with Gasteiger partial charge in [0.1, 0.15) is 17.1 Å². The highest BCUT2D eigenvalue weighted by molar-refractivity contribution is 6.12. The zero-order chi connectivity index (χ0) is 34.8. The lowest BCUT2D eigenvalue weighted by molar-refractivity contribution is -0.120. The third kappa shape index (κ3) is 6.52. The molecule has 4 amide bonds. The molecule has 6 rings (SSSR count). The number of hydrogen-bond acceptors (Lipinski definition) is 8. The molecule has 0 saturated carbocycles. The molecular weight excluding hydrogens is 624 g/mol. The second-order valence-corrected chi connectivity index (χ2v) is 11.6. The number of phenols is 1. The van der Waals surface area contributed by atoms with Crippen LogP contribution in [0.5, 0.6) is 11.5 Å². The van der Waals surface area contributed by atoms with Gasteiger partial charge < -0.3 is 31.5 Å². The topological polar surface area (TPSA) is 185 Å². The van der Waals surface area contributed by atoms with Crippen molar-refractivity contribution in [3.8, 4) is 11.5 Å². The van der Waals surface area contributed by atoms with Gasteiger partial charge in [0.05, 0.1) is 12.7 Å². The number of benzene rings is 5. The summed E-state index contributed by atoms with van der Waals surface area (Å²) < 4.78 is 5.47. The monoisotopic (exact) mass is 656 g/mol. The van der Waals surface area contributed by atoms with Gasteiger partial charge in [0, 0.05) is 39.5 Å². The predicted molar refractivity (Wildman–Crippen MR) is 186 cm³/mol. The average Bonchev–Trinajstić information content (AvgIpc) is 3.10. The number of fused-ring (bicyclic) bond motifs is 2. The Morgan fingerprint density at radius 2 is 1.51 bits per heavy atom. The highest BCUT2D eigenvalue weighted by Gasteiger charge is 2.29. The maximum absolute atomic E-state index is 13.4. The van der Waals surface area contributed by atoms with Gasteiger partial charge in [-0.3, -0.25) is 19.2 Å². The molecule has 0 saturated heterocycles. The van der Waals surface area contributed by atoms with Gasteiger partial charge in [-0.1, -0.05) is 38.1 Å². The Kier molecular flexibility index (Phi) is 8.78. The fourth-order valence-corrected chi connectivity index (χ4v) is 5.60. The smallest absolute Gasteiger partial charge is 0.259 e. The van der Waals surface area contributed by atoms with Gasteiger partial charge in [-0.25, -0.2) is 0 Å². The minimum Gasteiger partial charge on any atom is -0.505 e. The van der Waals surface area contributed by atoms with Crippen LogP contribution < -0.4 is 26.4 Å². The van der Waals surface area contributed by atoms with Crippen LogP contribution in [0.15, 0.2) is 101 Å². The lowest BCUT2D eigenvalue weighted by Gasteiger charge is -2.28. The van der Waals surface area contributed by atoms with E-state index in [1.54, 1.807) is 54.6 Å². The van der Waals surface area contributed by atoms with Crippen molar-refractivity contribution in [3.63, 3.8) is 0 Å². The van der Waals surface area contributed by atoms with E-state index in [-0.39, 0.29) is 45.8 Å². The van der Waals surface area contributed by atoms with Gasteiger partial charge >= 0.3 is 0 Å². The Bertz CT molecular complexity index is 2180. The van der Waals surface area contributed by atoms with Crippen LogP contribution in [0.3, 0.4) is 0 Å². The number of carbonyl (C=O) groups is 4. The van der Waals surface area contributed by atoms with E-state index in [4.69, 9.17) is 10.5 Å². The van der Waals surface area contributed by atoms with Gasteiger partial charge in [-0.2, -0.15) is 0 Å². The number of phenolic OH excluding ortho intramolecular Hbond substituents is 1. The van der Waals surface area contributed by atoms with Crippen molar-refractivity contribution in [2.75, 3.05) is 23.1 Å². The minimum atomic E-state index is -0.615.